The van der Waals surface area contributed by atoms with Gasteiger partial charge in [0.1, 0.15) is 18.1 Å². The van der Waals surface area contributed by atoms with Crippen LogP contribution in [-0.2, 0) is 36.8 Å². The molecule has 0 aliphatic carbocycles. The van der Waals surface area contributed by atoms with E-state index in [-0.39, 0.29) is 19.4 Å². The molecule has 0 saturated carbocycles. The Labute approximate surface area is 228 Å². The maximum atomic E-state index is 13.4. The van der Waals surface area contributed by atoms with E-state index in [9.17, 15) is 29.1 Å². The minimum atomic E-state index is -1.31. The van der Waals surface area contributed by atoms with Gasteiger partial charge >= 0.3 is 11.9 Å². The molecule has 0 bridgehead atoms. The van der Waals surface area contributed by atoms with Crippen molar-refractivity contribution in [2.75, 3.05) is 6.54 Å². The number of carbonyl (C=O) groups excluding carboxylic acids is 3. The lowest BCUT2D eigenvalue weighted by Crippen LogP contribution is -2.57. The molecule has 1 aliphatic rings. The number of rotatable bonds is 12. The van der Waals surface area contributed by atoms with E-state index in [1.165, 1.54) is 17.4 Å². The van der Waals surface area contributed by atoms with Gasteiger partial charge in [-0.15, -0.1) is 0 Å². The second kappa shape index (κ2) is 12.4. The monoisotopic (exact) mass is 553 g/mol. The van der Waals surface area contributed by atoms with Gasteiger partial charge in [0.05, 0.1) is 18.8 Å². The van der Waals surface area contributed by atoms with Gasteiger partial charge in [0.25, 0.3) is 0 Å². The molecule has 3 amide bonds. The maximum absolute atomic E-state index is 13.4. The van der Waals surface area contributed by atoms with Gasteiger partial charge in [-0.1, -0.05) is 18.2 Å². The number of carboxylic acid groups (broad SMARTS) is 2. The second-order valence-corrected chi connectivity index (χ2v) is 9.70. The number of aliphatic carboxylic acids is 2. The Kier molecular flexibility index (Phi) is 8.79. The molecule has 1 aromatic carbocycles. The summed E-state index contributed by atoms with van der Waals surface area (Å²) in [6.45, 7) is 0.216. The van der Waals surface area contributed by atoms with Crippen LogP contribution in [0, 0.1) is 0 Å². The maximum Gasteiger partial charge on any atom is 0.326 e. The van der Waals surface area contributed by atoms with Gasteiger partial charge in [-0.25, -0.2) is 9.78 Å². The number of nitrogens with one attached hydrogen (secondary N) is 4. The highest BCUT2D eigenvalue weighted by atomic mass is 16.4. The quantitative estimate of drug-likeness (QED) is 0.154. The van der Waals surface area contributed by atoms with Crippen LogP contribution in [0.4, 0.5) is 0 Å². The van der Waals surface area contributed by atoms with Crippen molar-refractivity contribution in [1.82, 2.24) is 30.5 Å². The third-order valence-electron chi connectivity index (χ3n) is 6.88. The summed E-state index contributed by atoms with van der Waals surface area (Å²) < 4.78 is 0. The predicted molar refractivity (Wildman–Crippen MR) is 141 cm³/mol. The zero-order valence-electron chi connectivity index (χ0n) is 21.5. The Morgan fingerprint density at radius 3 is 2.55 bits per heavy atom. The SMILES string of the molecule is NC(CC(=O)O)C(=O)N1CCCC1C(=O)NC(Cc1cnc[nH]1)C(=O)NC(Cc1c[nH]c2ccccc12)C(=O)O. The zero-order chi connectivity index (χ0) is 28.8. The molecule has 4 rings (SSSR count). The standard InChI is InChI=1S/C26H31N7O7/c27-17(10-22(34)35)25(38)33-7-3-6-21(33)24(37)31-19(9-15-12-28-13-30-15)23(36)32-20(26(39)40)8-14-11-29-18-5-2-1-4-16(14)18/h1-2,4-5,11-13,17,19-21,29H,3,6-10,27H2,(H,28,30)(H,31,37)(H,32,36)(H,34,35)(H,39,40). The summed E-state index contributed by atoms with van der Waals surface area (Å²) in [6.07, 6.45) is 4.77. The molecule has 1 saturated heterocycles. The van der Waals surface area contributed by atoms with Gasteiger partial charge < -0.3 is 41.4 Å². The average Bonchev–Trinajstić information content (AvgIpc) is 3.68. The molecule has 0 spiro atoms. The zero-order valence-corrected chi connectivity index (χ0v) is 21.5. The van der Waals surface area contributed by atoms with Gasteiger partial charge in [-0.3, -0.25) is 19.2 Å². The average molecular weight is 554 g/mol. The van der Waals surface area contributed by atoms with Crippen molar-refractivity contribution in [3.05, 3.63) is 54.2 Å². The van der Waals surface area contributed by atoms with E-state index < -0.39 is 60.2 Å². The van der Waals surface area contributed by atoms with E-state index >= 15 is 0 Å². The summed E-state index contributed by atoms with van der Waals surface area (Å²) in [7, 11) is 0. The minimum Gasteiger partial charge on any atom is -0.481 e. The number of hydrogen-bond acceptors (Lipinski definition) is 7. The Morgan fingerprint density at radius 1 is 1.07 bits per heavy atom. The summed E-state index contributed by atoms with van der Waals surface area (Å²) in [5, 5.41) is 24.9. The van der Waals surface area contributed by atoms with E-state index in [1.54, 1.807) is 6.20 Å². The Bertz CT molecular complexity index is 1390. The third kappa shape index (κ3) is 6.64. The number of aromatic amines is 2. The van der Waals surface area contributed by atoms with E-state index in [0.717, 1.165) is 10.9 Å². The number of nitrogens with two attached hydrogens (primary N) is 1. The van der Waals surface area contributed by atoms with Gasteiger partial charge in [-0.05, 0) is 24.5 Å². The largest absolute Gasteiger partial charge is 0.481 e. The Morgan fingerprint density at radius 2 is 1.85 bits per heavy atom. The molecule has 0 radical (unpaired) electrons. The first-order chi connectivity index (χ1) is 19.1. The topological polar surface area (TPSA) is 224 Å². The lowest BCUT2D eigenvalue weighted by molar-refractivity contribution is -0.144. The predicted octanol–water partition coefficient (Wildman–Crippen LogP) is -0.477. The number of carboxylic acids is 2. The molecule has 1 fully saturated rings. The van der Waals surface area contributed by atoms with E-state index in [1.807, 2.05) is 24.3 Å². The molecular formula is C26H31N7O7. The molecule has 2 aromatic heterocycles. The number of likely N-dealkylation sites (tertiary alicyclic amines) is 1. The van der Waals surface area contributed by atoms with Crippen molar-refractivity contribution in [3.63, 3.8) is 0 Å². The fourth-order valence-corrected chi connectivity index (χ4v) is 4.88. The number of carbonyl (C=O) groups is 5. The van der Waals surface area contributed by atoms with Crippen LogP contribution in [0.25, 0.3) is 10.9 Å². The van der Waals surface area contributed by atoms with E-state index in [2.05, 4.69) is 25.6 Å². The first-order valence-corrected chi connectivity index (χ1v) is 12.8. The van der Waals surface area contributed by atoms with Crippen molar-refractivity contribution in [2.45, 2.75) is 56.3 Å². The third-order valence-corrected chi connectivity index (χ3v) is 6.88. The smallest absolute Gasteiger partial charge is 0.326 e. The van der Waals surface area contributed by atoms with Gasteiger partial charge in [0.2, 0.25) is 17.7 Å². The van der Waals surface area contributed by atoms with Crippen LogP contribution in [0.5, 0.6) is 0 Å². The Hall–Kier alpha value is -4.72. The van der Waals surface area contributed by atoms with Crippen LogP contribution < -0.4 is 16.4 Å². The molecule has 14 nitrogen and oxygen atoms in total. The Balaban J connectivity index is 1.49. The number of para-hydroxylation sites is 1. The molecule has 212 valence electrons. The van der Waals surface area contributed by atoms with Crippen LogP contribution in [0.15, 0.2) is 43.0 Å². The van der Waals surface area contributed by atoms with E-state index in [0.29, 0.717) is 24.1 Å². The molecule has 40 heavy (non-hydrogen) atoms. The number of hydrogen-bond donors (Lipinski definition) is 7. The molecule has 4 unspecified atom stereocenters. The first-order valence-electron chi connectivity index (χ1n) is 12.8. The fraction of sp³-hybridized carbons (Fsp3) is 0.385. The van der Waals surface area contributed by atoms with Crippen LogP contribution >= 0.6 is 0 Å². The van der Waals surface area contributed by atoms with Crippen molar-refractivity contribution in [3.8, 4) is 0 Å². The molecule has 14 heteroatoms. The van der Waals surface area contributed by atoms with Crippen molar-refractivity contribution < 1.29 is 34.2 Å². The first kappa shape index (κ1) is 28.3. The number of fused-ring (bicyclic) bond motifs is 1. The lowest BCUT2D eigenvalue weighted by Gasteiger charge is -2.28. The van der Waals surface area contributed by atoms with Crippen LogP contribution in [0.2, 0.25) is 0 Å². The van der Waals surface area contributed by atoms with Crippen LogP contribution in [0.1, 0.15) is 30.5 Å². The highest BCUT2D eigenvalue weighted by Crippen LogP contribution is 2.21. The molecule has 3 aromatic rings. The second-order valence-electron chi connectivity index (χ2n) is 9.70. The van der Waals surface area contributed by atoms with Gasteiger partial charge in [0, 0.05) is 48.4 Å². The lowest BCUT2D eigenvalue weighted by atomic mass is 10.0. The van der Waals surface area contributed by atoms with Gasteiger partial charge in [-0.2, -0.15) is 0 Å². The van der Waals surface area contributed by atoms with Crippen molar-refractivity contribution >= 4 is 40.6 Å². The number of H-pyrrole nitrogens is 2. The highest BCUT2D eigenvalue weighted by molar-refractivity contribution is 5.95. The minimum absolute atomic E-state index is 0.00216. The summed E-state index contributed by atoms with van der Waals surface area (Å²) in [4.78, 5) is 73.6. The number of benzene rings is 1. The van der Waals surface area contributed by atoms with Crippen molar-refractivity contribution in [2.24, 2.45) is 5.73 Å². The number of amides is 3. The van der Waals surface area contributed by atoms with E-state index in [4.69, 9.17) is 10.8 Å². The fourth-order valence-electron chi connectivity index (χ4n) is 4.88. The molecular weight excluding hydrogens is 522 g/mol. The molecule has 8 N–H and O–H groups in total. The number of imidazole rings is 1. The summed E-state index contributed by atoms with van der Waals surface area (Å²) in [6, 6.07) is 2.64. The summed E-state index contributed by atoms with van der Waals surface area (Å²) in [5.41, 5.74) is 7.79. The number of aromatic nitrogens is 3. The normalized spacial score (nSPS) is 17.2. The molecule has 1 aliphatic heterocycles. The molecule has 3 heterocycles. The van der Waals surface area contributed by atoms with Crippen LogP contribution in [-0.4, -0.2) is 90.4 Å². The highest BCUT2D eigenvalue weighted by Gasteiger charge is 2.38. The summed E-state index contributed by atoms with van der Waals surface area (Å²) in [5.74, 6) is -4.51. The summed E-state index contributed by atoms with van der Waals surface area (Å²) >= 11 is 0. The molecule has 4 atom stereocenters. The van der Waals surface area contributed by atoms with Crippen molar-refractivity contribution in [1.29, 1.82) is 0 Å². The van der Waals surface area contributed by atoms with Gasteiger partial charge in [0.15, 0.2) is 0 Å². The van der Waals surface area contributed by atoms with Crippen LogP contribution in [0.3, 0.4) is 0 Å². The number of nitrogens with zero attached hydrogens (tertiary/aromatic N) is 2.